The standard InChI is InChI=1S/C12H18FN3OS/c1-4-16(6-5-13)11(14)10-8(2)7-18-12(10)15-9(3)17/h7,14H,4-6H2,1-3H3,(H,15,17). The monoisotopic (exact) mass is 271 g/mol. The molecule has 0 aliphatic heterocycles. The Balaban J connectivity index is 3.03. The molecule has 0 saturated heterocycles. The summed E-state index contributed by atoms with van der Waals surface area (Å²) < 4.78 is 12.4. The molecule has 0 spiro atoms. The number of carbonyl (C=O) groups is 1. The lowest BCUT2D eigenvalue weighted by Crippen LogP contribution is -2.33. The second-order valence-electron chi connectivity index (χ2n) is 3.92. The van der Waals surface area contributed by atoms with Gasteiger partial charge >= 0.3 is 0 Å². The Morgan fingerprint density at radius 3 is 2.78 bits per heavy atom. The van der Waals surface area contributed by atoms with Crippen LogP contribution in [0.2, 0.25) is 0 Å². The van der Waals surface area contributed by atoms with Crippen molar-refractivity contribution < 1.29 is 9.18 Å². The van der Waals surface area contributed by atoms with Crippen LogP contribution in [0.4, 0.5) is 9.39 Å². The number of nitrogens with zero attached hydrogens (tertiary/aromatic N) is 1. The van der Waals surface area contributed by atoms with Crippen molar-refractivity contribution in [2.75, 3.05) is 25.1 Å². The fraction of sp³-hybridized carbons (Fsp3) is 0.500. The third-order valence-corrected chi connectivity index (χ3v) is 3.57. The van der Waals surface area contributed by atoms with Crippen LogP contribution in [0.1, 0.15) is 25.0 Å². The van der Waals surface area contributed by atoms with E-state index in [-0.39, 0.29) is 18.3 Å². The third kappa shape index (κ3) is 3.29. The van der Waals surface area contributed by atoms with Crippen LogP contribution >= 0.6 is 11.3 Å². The zero-order valence-electron chi connectivity index (χ0n) is 10.8. The number of halogens is 1. The molecule has 1 aromatic heterocycles. The fourth-order valence-corrected chi connectivity index (χ4v) is 2.67. The van der Waals surface area contributed by atoms with E-state index in [0.717, 1.165) is 5.56 Å². The Hall–Kier alpha value is -1.43. The first-order chi connectivity index (χ1) is 8.51. The Labute approximate surface area is 110 Å². The van der Waals surface area contributed by atoms with E-state index in [1.54, 1.807) is 4.90 Å². The minimum absolute atomic E-state index is 0.167. The van der Waals surface area contributed by atoms with Gasteiger partial charge in [-0.2, -0.15) is 0 Å². The number of aryl methyl sites for hydroxylation is 1. The molecule has 1 amide bonds. The molecule has 100 valence electrons. The Bertz CT molecular complexity index is 445. The molecule has 0 aliphatic rings. The summed E-state index contributed by atoms with van der Waals surface area (Å²) in [5, 5.41) is 13.4. The summed E-state index contributed by atoms with van der Waals surface area (Å²) in [6.07, 6.45) is 0. The van der Waals surface area contributed by atoms with E-state index in [2.05, 4.69) is 5.32 Å². The number of carbonyl (C=O) groups excluding carboxylic acids is 1. The van der Waals surface area contributed by atoms with Gasteiger partial charge in [0, 0.05) is 20.0 Å². The lowest BCUT2D eigenvalue weighted by molar-refractivity contribution is -0.114. The highest BCUT2D eigenvalue weighted by Crippen LogP contribution is 2.28. The first kappa shape index (κ1) is 14.6. The molecular weight excluding hydrogens is 253 g/mol. The van der Waals surface area contributed by atoms with E-state index in [1.165, 1.54) is 18.3 Å². The van der Waals surface area contributed by atoms with Gasteiger partial charge in [0.05, 0.1) is 5.56 Å². The van der Waals surface area contributed by atoms with Crippen molar-refractivity contribution in [3.8, 4) is 0 Å². The summed E-state index contributed by atoms with van der Waals surface area (Å²) in [5.74, 6) is 0.0945. The molecule has 0 unspecified atom stereocenters. The number of thiophene rings is 1. The highest BCUT2D eigenvalue weighted by atomic mass is 32.1. The van der Waals surface area contributed by atoms with Crippen LogP contribution in [-0.4, -0.2) is 36.4 Å². The molecule has 0 saturated carbocycles. The maximum Gasteiger partial charge on any atom is 0.221 e. The molecule has 0 aromatic carbocycles. The molecule has 0 aliphatic carbocycles. The second-order valence-corrected chi connectivity index (χ2v) is 4.80. The Morgan fingerprint density at radius 2 is 2.28 bits per heavy atom. The number of rotatable bonds is 5. The van der Waals surface area contributed by atoms with E-state index in [1.807, 2.05) is 19.2 Å². The van der Waals surface area contributed by atoms with E-state index in [9.17, 15) is 9.18 Å². The van der Waals surface area contributed by atoms with Gasteiger partial charge in [-0.1, -0.05) is 0 Å². The number of nitrogens with one attached hydrogen (secondary N) is 2. The zero-order valence-corrected chi connectivity index (χ0v) is 11.7. The summed E-state index contributed by atoms with van der Waals surface area (Å²) >= 11 is 1.39. The summed E-state index contributed by atoms with van der Waals surface area (Å²) in [6, 6.07) is 0. The summed E-state index contributed by atoms with van der Waals surface area (Å²) in [4.78, 5) is 12.8. The third-order valence-electron chi connectivity index (χ3n) is 2.55. The van der Waals surface area contributed by atoms with Gasteiger partial charge in [0.2, 0.25) is 5.91 Å². The zero-order chi connectivity index (χ0) is 13.7. The van der Waals surface area contributed by atoms with Gasteiger partial charge in [0.15, 0.2) is 0 Å². The van der Waals surface area contributed by atoms with Crippen molar-refractivity contribution in [1.29, 1.82) is 5.41 Å². The molecule has 18 heavy (non-hydrogen) atoms. The maximum atomic E-state index is 12.4. The number of amidine groups is 1. The quantitative estimate of drug-likeness (QED) is 0.639. The van der Waals surface area contributed by atoms with E-state index < -0.39 is 6.67 Å². The maximum absolute atomic E-state index is 12.4. The van der Waals surface area contributed by atoms with Crippen molar-refractivity contribution in [3.63, 3.8) is 0 Å². The van der Waals surface area contributed by atoms with E-state index in [0.29, 0.717) is 17.1 Å². The fourth-order valence-electron chi connectivity index (χ4n) is 1.68. The molecule has 0 atom stereocenters. The number of anilines is 1. The first-order valence-corrected chi connectivity index (χ1v) is 6.64. The lowest BCUT2D eigenvalue weighted by atomic mass is 10.1. The predicted molar refractivity (Wildman–Crippen MR) is 73.4 cm³/mol. The average Bonchev–Trinajstić information content (AvgIpc) is 2.65. The lowest BCUT2D eigenvalue weighted by Gasteiger charge is -2.23. The van der Waals surface area contributed by atoms with Crippen molar-refractivity contribution in [2.24, 2.45) is 0 Å². The summed E-state index contributed by atoms with van der Waals surface area (Å²) in [6.45, 7) is 5.47. The largest absolute Gasteiger partial charge is 0.354 e. The first-order valence-electron chi connectivity index (χ1n) is 5.76. The molecule has 0 fully saturated rings. The van der Waals surface area contributed by atoms with Crippen LogP contribution in [0.25, 0.3) is 0 Å². The molecule has 4 nitrogen and oxygen atoms in total. The van der Waals surface area contributed by atoms with Crippen LogP contribution in [0.15, 0.2) is 5.38 Å². The van der Waals surface area contributed by atoms with Gasteiger partial charge in [0.1, 0.15) is 17.5 Å². The van der Waals surface area contributed by atoms with E-state index >= 15 is 0 Å². The van der Waals surface area contributed by atoms with Crippen molar-refractivity contribution in [3.05, 3.63) is 16.5 Å². The minimum atomic E-state index is -0.491. The summed E-state index contributed by atoms with van der Waals surface area (Å²) in [7, 11) is 0. The van der Waals surface area contributed by atoms with Gasteiger partial charge in [-0.3, -0.25) is 10.2 Å². The van der Waals surface area contributed by atoms with Crippen LogP contribution in [0, 0.1) is 12.3 Å². The molecule has 0 bridgehead atoms. The topological polar surface area (TPSA) is 56.2 Å². The van der Waals surface area contributed by atoms with Crippen molar-refractivity contribution in [2.45, 2.75) is 20.8 Å². The number of hydrogen-bond donors (Lipinski definition) is 2. The molecular formula is C12H18FN3OS. The van der Waals surface area contributed by atoms with Crippen LogP contribution < -0.4 is 5.32 Å². The van der Waals surface area contributed by atoms with Gasteiger partial charge in [-0.15, -0.1) is 11.3 Å². The van der Waals surface area contributed by atoms with Gasteiger partial charge in [0.25, 0.3) is 0 Å². The van der Waals surface area contributed by atoms with Gasteiger partial charge in [-0.05, 0) is 24.8 Å². The average molecular weight is 271 g/mol. The number of hydrogen-bond acceptors (Lipinski definition) is 3. The van der Waals surface area contributed by atoms with Crippen LogP contribution in [-0.2, 0) is 4.79 Å². The molecule has 1 heterocycles. The molecule has 1 rings (SSSR count). The predicted octanol–water partition coefficient (Wildman–Crippen LogP) is 2.63. The van der Waals surface area contributed by atoms with Crippen LogP contribution in [0.5, 0.6) is 0 Å². The highest BCUT2D eigenvalue weighted by Gasteiger charge is 2.18. The number of amides is 1. The minimum Gasteiger partial charge on any atom is -0.354 e. The molecule has 1 aromatic rings. The van der Waals surface area contributed by atoms with Crippen molar-refractivity contribution >= 4 is 28.1 Å². The highest BCUT2D eigenvalue weighted by molar-refractivity contribution is 7.15. The molecule has 2 N–H and O–H groups in total. The number of alkyl halides is 1. The molecule has 6 heteroatoms. The molecule has 0 radical (unpaired) electrons. The normalized spacial score (nSPS) is 10.2. The Kier molecular flexibility index (Phi) is 5.27. The summed E-state index contributed by atoms with van der Waals surface area (Å²) in [5.41, 5.74) is 1.61. The van der Waals surface area contributed by atoms with E-state index in [4.69, 9.17) is 5.41 Å². The second kappa shape index (κ2) is 6.49. The smallest absolute Gasteiger partial charge is 0.221 e. The SMILES string of the molecule is CCN(CCF)C(=N)c1c(C)csc1NC(C)=O. The van der Waals surface area contributed by atoms with Crippen LogP contribution in [0.3, 0.4) is 0 Å². The van der Waals surface area contributed by atoms with Gasteiger partial charge in [-0.25, -0.2) is 4.39 Å². The Morgan fingerprint density at radius 1 is 1.61 bits per heavy atom. The van der Waals surface area contributed by atoms with Crippen molar-refractivity contribution in [1.82, 2.24) is 4.90 Å². The van der Waals surface area contributed by atoms with Gasteiger partial charge < -0.3 is 10.2 Å².